The van der Waals surface area contributed by atoms with Gasteiger partial charge in [0.2, 0.25) is 0 Å². The smallest absolute Gasteiger partial charge is 0.120 e. The normalized spacial score (nSPS) is 10.1. The molecule has 0 saturated carbocycles. The summed E-state index contributed by atoms with van der Waals surface area (Å²) < 4.78 is 1.86. The second-order valence-electron chi connectivity index (χ2n) is 4.11. The first-order valence-corrected chi connectivity index (χ1v) is 5.63. The number of phenols is 1. The first-order chi connectivity index (χ1) is 8.18. The number of rotatable bonds is 4. The van der Waals surface area contributed by atoms with E-state index < -0.39 is 0 Å². The molecule has 0 aliphatic carbocycles. The van der Waals surface area contributed by atoms with Crippen LogP contribution in [0.1, 0.15) is 16.8 Å². The first-order valence-electron chi connectivity index (χ1n) is 5.63. The van der Waals surface area contributed by atoms with Crippen molar-refractivity contribution in [3.63, 3.8) is 0 Å². The van der Waals surface area contributed by atoms with E-state index in [1.54, 1.807) is 6.07 Å². The van der Waals surface area contributed by atoms with Gasteiger partial charge in [0.15, 0.2) is 0 Å². The highest BCUT2D eigenvalue weighted by molar-refractivity contribution is 5.85. The summed E-state index contributed by atoms with van der Waals surface area (Å²) in [7, 11) is 1.93. The Labute approximate surface area is 113 Å². The molecule has 1 heterocycles. The van der Waals surface area contributed by atoms with E-state index in [-0.39, 0.29) is 12.4 Å². The Morgan fingerprint density at radius 2 is 1.89 bits per heavy atom. The zero-order chi connectivity index (χ0) is 12.3. The summed E-state index contributed by atoms with van der Waals surface area (Å²) in [5, 5.41) is 17.1. The number of hydrogen-bond acceptors (Lipinski definition) is 3. The highest BCUT2D eigenvalue weighted by Crippen LogP contribution is 2.15. The molecule has 0 spiro atoms. The maximum atomic E-state index is 9.61. The van der Waals surface area contributed by atoms with Crippen LogP contribution in [0.2, 0.25) is 0 Å². The van der Waals surface area contributed by atoms with Gasteiger partial charge < -0.3 is 10.4 Å². The van der Waals surface area contributed by atoms with Gasteiger partial charge in [-0.15, -0.1) is 12.4 Å². The Morgan fingerprint density at radius 1 is 1.22 bits per heavy atom. The van der Waals surface area contributed by atoms with Crippen LogP contribution in [0.5, 0.6) is 5.75 Å². The largest absolute Gasteiger partial charge is 0.508 e. The molecule has 0 radical (unpaired) electrons. The number of aromatic nitrogens is 2. The number of aromatic hydroxyl groups is 1. The van der Waals surface area contributed by atoms with Crippen molar-refractivity contribution in [3.05, 3.63) is 47.3 Å². The number of hydrogen-bond donors (Lipinski definition) is 2. The third-order valence-corrected chi connectivity index (χ3v) is 2.96. The average molecular weight is 268 g/mol. The SMILES string of the molecule is Cc1c(CNCc2ccccc2O)cnn1C.Cl. The number of benzene rings is 1. The third kappa shape index (κ3) is 3.24. The number of nitrogens with one attached hydrogen (secondary N) is 1. The van der Waals surface area contributed by atoms with Gasteiger partial charge in [0.05, 0.1) is 6.20 Å². The van der Waals surface area contributed by atoms with Crippen LogP contribution in [0.15, 0.2) is 30.5 Å². The number of phenolic OH excluding ortho intramolecular Hbond substituents is 1. The number of aryl methyl sites for hydroxylation is 1. The molecule has 0 aliphatic rings. The molecule has 5 heteroatoms. The number of halogens is 1. The molecular weight excluding hydrogens is 250 g/mol. The highest BCUT2D eigenvalue weighted by Gasteiger charge is 2.03. The molecular formula is C13H18ClN3O. The molecule has 98 valence electrons. The fraction of sp³-hybridized carbons (Fsp3) is 0.308. The van der Waals surface area contributed by atoms with Crippen molar-refractivity contribution in [2.75, 3.05) is 0 Å². The van der Waals surface area contributed by atoms with Crippen molar-refractivity contribution < 1.29 is 5.11 Å². The Hall–Kier alpha value is -1.52. The second kappa shape index (κ2) is 6.42. The van der Waals surface area contributed by atoms with Crippen molar-refractivity contribution in [2.45, 2.75) is 20.0 Å². The van der Waals surface area contributed by atoms with E-state index >= 15 is 0 Å². The van der Waals surface area contributed by atoms with E-state index in [4.69, 9.17) is 0 Å². The summed E-state index contributed by atoms with van der Waals surface area (Å²) in [6.45, 7) is 3.46. The zero-order valence-electron chi connectivity index (χ0n) is 10.6. The van der Waals surface area contributed by atoms with Gasteiger partial charge in [-0.3, -0.25) is 4.68 Å². The Morgan fingerprint density at radius 3 is 2.50 bits per heavy atom. The minimum absolute atomic E-state index is 0. The lowest BCUT2D eigenvalue weighted by molar-refractivity contribution is 0.464. The monoisotopic (exact) mass is 267 g/mol. The average Bonchev–Trinajstić information content (AvgIpc) is 2.63. The fourth-order valence-electron chi connectivity index (χ4n) is 1.71. The Balaban J connectivity index is 0.00000162. The molecule has 4 nitrogen and oxygen atoms in total. The number of nitrogens with zero attached hydrogens (tertiary/aromatic N) is 2. The van der Waals surface area contributed by atoms with Gasteiger partial charge >= 0.3 is 0 Å². The molecule has 0 unspecified atom stereocenters. The molecule has 2 N–H and O–H groups in total. The predicted molar refractivity (Wildman–Crippen MR) is 73.8 cm³/mol. The molecule has 1 aromatic carbocycles. The topological polar surface area (TPSA) is 50.1 Å². The van der Waals surface area contributed by atoms with E-state index in [1.165, 1.54) is 5.56 Å². The van der Waals surface area contributed by atoms with Gasteiger partial charge in [-0.05, 0) is 13.0 Å². The Kier molecular flexibility index (Phi) is 5.19. The molecule has 1 aromatic heterocycles. The van der Waals surface area contributed by atoms with Crippen LogP contribution in [0.25, 0.3) is 0 Å². The summed E-state index contributed by atoms with van der Waals surface area (Å²) in [5.41, 5.74) is 3.26. The summed E-state index contributed by atoms with van der Waals surface area (Å²) in [5.74, 6) is 0.336. The third-order valence-electron chi connectivity index (χ3n) is 2.96. The molecule has 2 rings (SSSR count). The molecule has 0 bridgehead atoms. The maximum absolute atomic E-state index is 9.61. The van der Waals surface area contributed by atoms with Gasteiger partial charge in [0.1, 0.15) is 5.75 Å². The molecule has 2 aromatic rings. The van der Waals surface area contributed by atoms with Gasteiger partial charge in [-0.2, -0.15) is 5.10 Å². The summed E-state index contributed by atoms with van der Waals surface area (Å²) in [6.07, 6.45) is 1.87. The minimum atomic E-state index is 0. The minimum Gasteiger partial charge on any atom is -0.508 e. The van der Waals surface area contributed by atoms with Crippen LogP contribution in [0.3, 0.4) is 0 Å². The van der Waals surface area contributed by atoms with Gasteiger partial charge in [0, 0.05) is 37.0 Å². The van der Waals surface area contributed by atoms with Crippen molar-refractivity contribution >= 4 is 12.4 Å². The van der Waals surface area contributed by atoms with Crippen molar-refractivity contribution in [2.24, 2.45) is 7.05 Å². The summed E-state index contributed by atoms with van der Waals surface area (Å²) in [4.78, 5) is 0. The summed E-state index contributed by atoms with van der Waals surface area (Å²) in [6, 6.07) is 7.36. The zero-order valence-corrected chi connectivity index (χ0v) is 11.4. The predicted octanol–water partition coefficient (Wildman–Crippen LogP) is 2.15. The lowest BCUT2D eigenvalue weighted by atomic mass is 10.2. The first kappa shape index (κ1) is 14.5. The molecule has 0 saturated heterocycles. The van der Waals surface area contributed by atoms with Crippen LogP contribution in [-0.2, 0) is 20.1 Å². The van der Waals surface area contributed by atoms with Crippen molar-refractivity contribution in [1.82, 2.24) is 15.1 Å². The van der Waals surface area contributed by atoms with Crippen LogP contribution >= 0.6 is 12.4 Å². The van der Waals surface area contributed by atoms with E-state index in [9.17, 15) is 5.11 Å². The number of para-hydroxylation sites is 1. The van der Waals surface area contributed by atoms with Crippen LogP contribution in [-0.4, -0.2) is 14.9 Å². The van der Waals surface area contributed by atoms with Crippen LogP contribution in [0, 0.1) is 6.92 Å². The van der Waals surface area contributed by atoms with E-state index in [0.717, 1.165) is 17.8 Å². The van der Waals surface area contributed by atoms with E-state index in [1.807, 2.05) is 43.0 Å². The fourth-order valence-corrected chi connectivity index (χ4v) is 1.71. The molecule has 0 aliphatic heterocycles. The standard InChI is InChI=1S/C13H17N3O.ClH/c1-10-12(9-15-16(10)2)8-14-7-11-5-3-4-6-13(11)17;/h3-6,9,14,17H,7-8H2,1-2H3;1H. The quantitative estimate of drug-likeness (QED) is 0.892. The molecule has 0 amide bonds. The van der Waals surface area contributed by atoms with Gasteiger partial charge in [0.25, 0.3) is 0 Å². The van der Waals surface area contributed by atoms with Crippen LogP contribution < -0.4 is 5.32 Å². The van der Waals surface area contributed by atoms with Crippen LogP contribution in [0.4, 0.5) is 0 Å². The van der Waals surface area contributed by atoms with Gasteiger partial charge in [-0.1, -0.05) is 18.2 Å². The lowest BCUT2D eigenvalue weighted by Gasteiger charge is -2.06. The van der Waals surface area contributed by atoms with E-state index in [2.05, 4.69) is 10.4 Å². The van der Waals surface area contributed by atoms with E-state index in [0.29, 0.717) is 12.3 Å². The second-order valence-corrected chi connectivity index (χ2v) is 4.11. The van der Waals surface area contributed by atoms with Crippen molar-refractivity contribution in [1.29, 1.82) is 0 Å². The molecule has 0 atom stereocenters. The maximum Gasteiger partial charge on any atom is 0.120 e. The lowest BCUT2D eigenvalue weighted by Crippen LogP contribution is -2.13. The van der Waals surface area contributed by atoms with Gasteiger partial charge in [-0.25, -0.2) is 0 Å². The molecule has 18 heavy (non-hydrogen) atoms. The summed E-state index contributed by atoms with van der Waals surface area (Å²) >= 11 is 0. The highest BCUT2D eigenvalue weighted by atomic mass is 35.5. The Bertz CT molecular complexity index is 511. The molecule has 0 fully saturated rings. The van der Waals surface area contributed by atoms with Crippen molar-refractivity contribution in [3.8, 4) is 5.75 Å².